The van der Waals surface area contributed by atoms with Crippen LogP contribution in [-0.4, -0.2) is 32.2 Å². The molecule has 3 rings (SSSR count). The van der Waals surface area contributed by atoms with Crippen LogP contribution in [0.25, 0.3) is 4.96 Å². The maximum Gasteiger partial charge on any atom is 0.274 e. The molecule has 0 N–H and O–H groups in total. The summed E-state index contributed by atoms with van der Waals surface area (Å²) >= 11 is 1.50. The molecule has 8 heteroatoms. The van der Waals surface area contributed by atoms with Gasteiger partial charge in [-0.1, -0.05) is 18.2 Å². The molecule has 0 atom stereocenters. The van der Waals surface area contributed by atoms with Gasteiger partial charge in [0.2, 0.25) is 5.91 Å². The van der Waals surface area contributed by atoms with Gasteiger partial charge in [-0.2, -0.15) is 0 Å². The van der Waals surface area contributed by atoms with E-state index in [1.54, 1.807) is 25.2 Å². The van der Waals surface area contributed by atoms with Crippen LogP contribution in [0.4, 0.5) is 5.69 Å². The fraction of sp³-hybridized carbons (Fsp3) is 0.200. The van der Waals surface area contributed by atoms with Gasteiger partial charge in [-0.15, -0.1) is 11.3 Å². The number of carbonyl (C=O) groups excluding carboxylic acids is 1. The molecular formula is C15H14N4O3S. The Bertz CT molecular complexity index is 842. The summed E-state index contributed by atoms with van der Waals surface area (Å²) in [7, 11) is 1.64. The van der Waals surface area contributed by atoms with Crippen LogP contribution in [-0.2, 0) is 17.8 Å². The second kappa shape index (κ2) is 6.17. The minimum absolute atomic E-state index is 0.0228. The van der Waals surface area contributed by atoms with Crippen LogP contribution in [0.5, 0.6) is 0 Å². The second-order valence-corrected chi connectivity index (χ2v) is 6.01. The highest BCUT2D eigenvalue weighted by atomic mass is 32.1. The van der Waals surface area contributed by atoms with Crippen molar-refractivity contribution < 1.29 is 9.72 Å². The first kappa shape index (κ1) is 15.2. The fourth-order valence-electron chi connectivity index (χ4n) is 2.32. The standard InChI is InChI=1S/C15H14N4O3S/c1-17(9-11-4-2-3-5-13(11)19(21)22)14(20)8-12-10-18-6-7-23-15(18)16-12/h2-7,10H,8-9H2,1H3. The molecule has 0 saturated heterocycles. The van der Waals surface area contributed by atoms with E-state index in [9.17, 15) is 14.9 Å². The second-order valence-electron chi connectivity index (χ2n) is 5.14. The van der Waals surface area contributed by atoms with E-state index in [0.29, 0.717) is 11.3 Å². The SMILES string of the molecule is CN(Cc1ccccc1[N+](=O)[O-])C(=O)Cc1cn2ccsc2n1. The van der Waals surface area contributed by atoms with Crippen molar-refractivity contribution in [2.24, 2.45) is 0 Å². The highest BCUT2D eigenvalue weighted by Crippen LogP contribution is 2.19. The van der Waals surface area contributed by atoms with E-state index in [4.69, 9.17) is 0 Å². The topological polar surface area (TPSA) is 80.8 Å². The van der Waals surface area contributed by atoms with Crippen molar-refractivity contribution in [1.82, 2.24) is 14.3 Å². The normalized spacial score (nSPS) is 10.8. The van der Waals surface area contributed by atoms with Crippen molar-refractivity contribution in [3.05, 3.63) is 63.4 Å². The first-order chi connectivity index (χ1) is 11.0. The number of rotatable bonds is 5. The summed E-state index contributed by atoms with van der Waals surface area (Å²) in [5.74, 6) is -0.131. The Kier molecular flexibility index (Phi) is 4.07. The molecule has 0 radical (unpaired) electrons. The molecule has 3 aromatic rings. The van der Waals surface area contributed by atoms with E-state index < -0.39 is 4.92 Å². The number of imidazole rings is 1. The van der Waals surface area contributed by atoms with Crippen molar-refractivity contribution in [2.75, 3.05) is 7.05 Å². The lowest BCUT2D eigenvalue weighted by Crippen LogP contribution is -2.28. The van der Waals surface area contributed by atoms with Gasteiger partial charge >= 0.3 is 0 Å². The van der Waals surface area contributed by atoms with E-state index >= 15 is 0 Å². The number of para-hydroxylation sites is 1. The van der Waals surface area contributed by atoms with E-state index in [-0.39, 0.29) is 24.6 Å². The Balaban J connectivity index is 1.70. The Morgan fingerprint density at radius 3 is 2.96 bits per heavy atom. The van der Waals surface area contributed by atoms with Crippen molar-refractivity contribution in [3.63, 3.8) is 0 Å². The number of hydrogen-bond acceptors (Lipinski definition) is 5. The van der Waals surface area contributed by atoms with Crippen molar-refractivity contribution in [1.29, 1.82) is 0 Å². The number of fused-ring (bicyclic) bond motifs is 1. The average Bonchev–Trinajstić information content (AvgIpc) is 3.08. The highest BCUT2D eigenvalue weighted by molar-refractivity contribution is 7.15. The zero-order chi connectivity index (χ0) is 16.4. The summed E-state index contributed by atoms with van der Waals surface area (Å²) in [6.07, 6.45) is 3.88. The van der Waals surface area contributed by atoms with Crippen LogP contribution in [0.3, 0.4) is 0 Å². The predicted octanol–water partition coefficient (Wildman–Crippen LogP) is 2.51. The molecule has 1 amide bonds. The van der Waals surface area contributed by atoms with Gasteiger partial charge in [0.05, 0.1) is 23.6 Å². The van der Waals surface area contributed by atoms with Crippen LogP contribution in [0.2, 0.25) is 0 Å². The number of thiazole rings is 1. The van der Waals surface area contributed by atoms with Crippen molar-refractivity contribution in [3.8, 4) is 0 Å². The number of hydrogen-bond donors (Lipinski definition) is 0. The molecule has 0 aliphatic heterocycles. The molecule has 118 valence electrons. The summed E-state index contributed by atoms with van der Waals surface area (Å²) in [6.45, 7) is 0.193. The number of benzene rings is 1. The first-order valence-electron chi connectivity index (χ1n) is 6.92. The summed E-state index contributed by atoms with van der Waals surface area (Å²) in [6, 6.07) is 6.44. The lowest BCUT2D eigenvalue weighted by Gasteiger charge is -2.16. The smallest absolute Gasteiger partial charge is 0.274 e. The molecule has 0 saturated carbocycles. The van der Waals surface area contributed by atoms with Gasteiger partial charge in [-0.25, -0.2) is 4.98 Å². The maximum absolute atomic E-state index is 12.3. The molecule has 1 aromatic carbocycles. The Morgan fingerprint density at radius 1 is 1.43 bits per heavy atom. The van der Waals surface area contributed by atoms with Gasteiger partial charge in [0.15, 0.2) is 4.96 Å². The fourth-order valence-corrected chi connectivity index (χ4v) is 3.04. The molecule has 23 heavy (non-hydrogen) atoms. The molecule has 0 aliphatic rings. The minimum Gasteiger partial charge on any atom is -0.341 e. The highest BCUT2D eigenvalue weighted by Gasteiger charge is 2.18. The third kappa shape index (κ3) is 3.21. The van der Waals surface area contributed by atoms with Gasteiger partial charge in [0, 0.05) is 36.5 Å². The number of likely N-dealkylation sites (N-methyl/N-ethyl adjacent to an activating group) is 1. The predicted molar refractivity (Wildman–Crippen MR) is 86.3 cm³/mol. The maximum atomic E-state index is 12.3. The van der Waals surface area contributed by atoms with Crippen molar-refractivity contribution >= 4 is 27.9 Å². The van der Waals surface area contributed by atoms with Gasteiger partial charge in [0.1, 0.15) is 0 Å². The molecule has 0 bridgehead atoms. The number of nitro groups is 1. The molecule has 0 fully saturated rings. The minimum atomic E-state index is -0.433. The molecule has 0 aliphatic carbocycles. The lowest BCUT2D eigenvalue weighted by atomic mass is 10.1. The molecular weight excluding hydrogens is 316 g/mol. The molecule has 2 heterocycles. The van der Waals surface area contributed by atoms with E-state index in [0.717, 1.165) is 4.96 Å². The number of amides is 1. The number of aromatic nitrogens is 2. The number of nitrogens with zero attached hydrogens (tertiary/aromatic N) is 4. The molecule has 2 aromatic heterocycles. The number of carbonyl (C=O) groups is 1. The average molecular weight is 330 g/mol. The third-order valence-electron chi connectivity index (χ3n) is 3.50. The Labute approximate surface area is 136 Å². The van der Waals surface area contributed by atoms with Crippen LogP contribution in [0.1, 0.15) is 11.3 Å². The lowest BCUT2D eigenvalue weighted by molar-refractivity contribution is -0.385. The first-order valence-corrected chi connectivity index (χ1v) is 7.80. The summed E-state index contributed by atoms with van der Waals surface area (Å²) in [4.78, 5) is 29.6. The summed E-state index contributed by atoms with van der Waals surface area (Å²) in [5, 5.41) is 12.9. The summed E-state index contributed by atoms with van der Waals surface area (Å²) in [5.41, 5.74) is 1.23. The molecule has 0 unspecified atom stereocenters. The van der Waals surface area contributed by atoms with Gasteiger partial charge < -0.3 is 4.90 Å². The van der Waals surface area contributed by atoms with Gasteiger partial charge in [0.25, 0.3) is 5.69 Å². The quantitative estimate of drug-likeness (QED) is 0.532. The van der Waals surface area contributed by atoms with Gasteiger partial charge in [-0.3, -0.25) is 19.3 Å². The van der Waals surface area contributed by atoms with Gasteiger partial charge in [-0.05, 0) is 0 Å². The zero-order valence-corrected chi connectivity index (χ0v) is 13.2. The largest absolute Gasteiger partial charge is 0.341 e. The van der Waals surface area contributed by atoms with E-state index in [2.05, 4.69) is 4.98 Å². The Morgan fingerprint density at radius 2 is 2.22 bits per heavy atom. The van der Waals surface area contributed by atoms with E-state index in [1.165, 1.54) is 22.3 Å². The molecule has 7 nitrogen and oxygen atoms in total. The third-order valence-corrected chi connectivity index (χ3v) is 4.27. The van der Waals surface area contributed by atoms with Crippen LogP contribution < -0.4 is 0 Å². The van der Waals surface area contributed by atoms with Crippen LogP contribution >= 0.6 is 11.3 Å². The van der Waals surface area contributed by atoms with Crippen LogP contribution in [0, 0.1) is 10.1 Å². The molecule has 0 spiro atoms. The number of nitro benzene ring substituents is 1. The monoisotopic (exact) mass is 330 g/mol. The van der Waals surface area contributed by atoms with Crippen LogP contribution in [0.15, 0.2) is 42.0 Å². The Hall–Kier alpha value is -2.74. The van der Waals surface area contributed by atoms with Crippen molar-refractivity contribution in [2.45, 2.75) is 13.0 Å². The zero-order valence-electron chi connectivity index (χ0n) is 12.4. The summed E-state index contributed by atoms with van der Waals surface area (Å²) < 4.78 is 1.87. The van der Waals surface area contributed by atoms with E-state index in [1.807, 2.05) is 22.2 Å².